The summed E-state index contributed by atoms with van der Waals surface area (Å²) in [5, 5.41) is 6.55. The van der Waals surface area contributed by atoms with Gasteiger partial charge in [-0.1, -0.05) is 0 Å². The summed E-state index contributed by atoms with van der Waals surface area (Å²) in [6, 6.07) is 4.49. The number of rotatable bonds is 4. The van der Waals surface area contributed by atoms with Crippen LogP contribution in [0.2, 0.25) is 0 Å². The number of aromatic nitrogens is 2. The van der Waals surface area contributed by atoms with Gasteiger partial charge < -0.3 is 4.90 Å². The van der Waals surface area contributed by atoms with Gasteiger partial charge in [0.05, 0.1) is 5.52 Å². The molecule has 144 valence electrons. The molecule has 8 heteroatoms. The predicted molar refractivity (Wildman–Crippen MR) is 105 cm³/mol. The molecular formula is C19H25N5O2S. The van der Waals surface area contributed by atoms with Crippen LogP contribution in [0.4, 0.5) is 5.82 Å². The number of hydrogen-bond acceptors (Lipinski definition) is 5. The lowest BCUT2D eigenvalue weighted by Crippen LogP contribution is -2.68. The molecule has 0 radical (unpaired) electrons. The largest absolute Gasteiger partial charge is 0.355 e. The van der Waals surface area contributed by atoms with Gasteiger partial charge >= 0.3 is 0 Å². The first-order valence-corrected chi connectivity index (χ1v) is 11.0. The Morgan fingerprint density at radius 3 is 2.41 bits per heavy atom. The van der Waals surface area contributed by atoms with E-state index in [0.29, 0.717) is 0 Å². The van der Waals surface area contributed by atoms with E-state index >= 15 is 0 Å². The summed E-state index contributed by atoms with van der Waals surface area (Å²) in [5.41, 5.74) is 3.66. The second-order valence-electron chi connectivity index (χ2n) is 8.68. The minimum atomic E-state index is -3.60. The van der Waals surface area contributed by atoms with Crippen LogP contribution in [0, 0.1) is 19.3 Å². The topological polar surface area (TPSA) is 92.4 Å². The maximum absolute atomic E-state index is 11.9. The Kier molecular flexibility index (Phi) is 3.61. The van der Waals surface area contributed by atoms with Crippen LogP contribution in [0.3, 0.4) is 0 Å². The maximum Gasteiger partial charge on any atom is 0.277 e. The van der Waals surface area contributed by atoms with E-state index in [9.17, 15) is 8.42 Å². The Hall–Kier alpha value is -1.77. The number of nitrogens with zero attached hydrogens (tertiary/aromatic N) is 4. The molecule has 2 heterocycles. The number of anilines is 1. The summed E-state index contributed by atoms with van der Waals surface area (Å²) in [6.07, 6.45) is 5.32. The first-order valence-electron chi connectivity index (χ1n) is 9.54. The highest BCUT2D eigenvalue weighted by Gasteiger charge is 2.57. The van der Waals surface area contributed by atoms with E-state index in [4.69, 9.17) is 5.14 Å². The van der Waals surface area contributed by atoms with E-state index in [-0.39, 0.29) is 17.5 Å². The van der Waals surface area contributed by atoms with Crippen LogP contribution in [-0.4, -0.2) is 47.9 Å². The SMILES string of the molecule is Cc1cc2ncnc(N3CC4(CC(N(C5CC5)S(N)(=O)=O)C4)C3)c2cc1C. The van der Waals surface area contributed by atoms with Gasteiger partial charge in [0.25, 0.3) is 10.2 Å². The summed E-state index contributed by atoms with van der Waals surface area (Å²) in [6.45, 7) is 6.05. The number of fused-ring (bicyclic) bond motifs is 1. The smallest absolute Gasteiger partial charge is 0.277 e. The van der Waals surface area contributed by atoms with Crippen molar-refractivity contribution in [3.8, 4) is 0 Å². The third-order valence-electron chi connectivity index (χ3n) is 6.48. The molecule has 2 aliphatic carbocycles. The summed E-state index contributed by atoms with van der Waals surface area (Å²) in [5.74, 6) is 0.989. The van der Waals surface area contributed by atoms with Crippen LogP contribution in [0.1, 0.15) is 36.8 Å². The van der Waals surface area contributed by atoms with E-state index in [1.165, 1.54) is 11.1 Å². The molecule has 2 saturated carbocycles. The van der Waals surface area contributed by atoms with Crippen LogP contribution in [-0.2, 0) is 10.2 Å². The molecule has 2 aromatic rings. The second-order valence-corrected chi connectivity index (χ2v) is 10.1. The first-order chi connectivity index (χ1) is 12.8. The van der Waals surface area contributed by atoms with E-state index in [1.807, 2.05) is 0 Å². The van der Waals surface area contributed by atoms with Gasteiger partial charge in [-0.25, -0.2) is 15.1 Å². The molecule has 27 heavy (non-hydrogen) atoms. The number of benzene rings is 1. The molecule has 1 saturated heterocycles. The van der Waals surface area contributed by atoms with Gasteiger partial charge in [-0.05, 0) is 62.8 Å². The molecule has 1 spiro atoms. The third-order valence-corrected chi connectivity index (χ3v) is 7.66. The Morgan fingerprint density at radius 1 is 1.11 bits per heavy atom. The van der Waals surface area contributed by atoms with Crippen molar-refractivity contribution in [2.45, 2.75) is 51.6 Å². The molecule has 1 aromatic heterocycles. The average Bonchev–Trinajstić information content (AvgIpc) is 3.32. The Morgan fingerprint density at radius 2 is 1.78 bits per heavy atom. The fourth-order valence-electron chi connectivity index (χ4n) is 4.89. The molecule has 5 rings (SSSR count). The number of hydrogen-bond donors (Lipinski definition) is 1. The molecule has 0 amide bonds. The molecule has 3 aliphatic rings. The second kappa shape index (κ2) is 5.62. The number of nitrogens with two attached hydrogens (primary N) is 1. The zero-order valence-corrected chi connectivity index (χ0v) is 16.5. The lowest BCUT2D eigenvalue weighted by atomic mass is 9.60. The highest BCUT2D eigenvalue weighted by molar-refractivity contribution is 7.86. The van der Waals surface area contributed by atoms with Gasteiger partial charge in [-0.15, -0.1) is 0 Å². The normalized spacial score (nSPS) is 22.3. The van der Waals surface area contributed by atoms with Gasteiger partial charge in [-0.2, -0.15) is 12.7 Å². The van der Waals surface area contributed by atoms with Crippen molar-refractivity contribution in [3.05, 3.63) is 29.6 Å². The average molecular weight is 388 g/mol. The van der Waals surface area contributed by atoms with Crippen LogP contribution in [0.25, 0.3) is 10.9 Å². The molecule has 0 atom stereocenters. The molecular weight excluding hydrogens is 362 g/mol. The molecule has 1 aromatic carbocycles. The quantitative estimate of drug-likeness (QED) is 0.865. The number of aryl methyl sites for hydroxylation is 2. The van der Waals surface area contributed by atoms with E-state index in [2.05, 4.69) is 40.8 Å². The summed E-state index contributed by atoms with van der Waals surface area (Å²) in [4.78, 5) is 11.3. The van der Waals surface area contributed by atoms with Crippen molar-refractivity contribution < 1.29 is 8.42 Å². The fraction of sp³-hybridized carbons (Fsp3) is 0.579. The van der Waals surface area contributed by atoms with Gasteiger partial charge in [0.15, 0.2) is 0 Å². The zero-order chi connectivity index (χ0) is 19.0. The lowest BCUT2D eigenvalue weighted by molar-refractivity contribution is 0.0110. The monoisotopic (exact) mass is 387 g/mol. The Balaban J connectivity index is 1.32. The van der Waals surface area contributed by atoms with E-state index in [0.717, 1.165) is 55.5 Å². The minimum absolute atomic E-state index is 0.0710. The van der Waals surface area contributed by atoms with Gasteiger partial charge in [0.2, 0.25) is 0 Å². The molecule has 3 fully saturated rings. The molecule has 1 aliphatic heterocycles. The molecule has 0 bridgehead atoms. The van der Waals surface area contributed by atoms with Gasteiger partial charge in [-0.3, -0.25) is 0 Å². The van der Waals surface area contributed by atoms with Crippen LogP contribution in [0.15, 0.2) is 18.5 Å². The Bertz CT molecular complexity index is 1020. The van der Waals surface area contributed by atoms with Crippen LogP contribution < -0.4 is 10.0 Å². The van der Waals surface area contributed by atoms with Crippen molar-refractivity contribution in [2.75, 3.05) is 18.0 Å². The molecule has 2 N–H and O–H groups in total. The first kappa shape index (κ1) is 17.3. The third kappa shape index (κ3) is 2.81. The van der Waals surface area contributed by atoms with Gasteiger partial charge in [0, 0.05) is 36.0 Å². The van der Waals surface area contributed by atoms with Crippen molar-refractivity contribution in [3.63, 3.8) is 0 Å². The maximum atomic E-state index is 11.9. The van der Waals surface area contributed by atoms with Crippen molar-refractivity contribution >= 4 is 26.9 Å². The van der Waals surface area contributed by atoms with Crippen molar-refractivity contribution in [1.82, 2.24) is 14.3 Å². The van der Waals surface area contributed by atoms with Crippen molar-refractivity contribution in [1.29, 1.82) is 0 Å². The zero-order valence-electron chi connectivity index (χ0n) is 15.7. The highest BCUT2D eigenvalue weighted by atomic mass is 32.2. The van der Waals surface area contributed by atoms with E-state index in [1.54, 1.807) is 10.6 Å². The van der Waals surface area contributed by atoms with Crippen LogP contribution >= 0.6 is 0 Å². The standard InChI is InChI=1S/C19H25N5O2S/c1-12-5-16-17(6-13(12)2)21-11-22-18(16)23-9-19(10-23)7-15(8-19)24(14-3-4-14)27(20,25)26/h5-6,11,14-15H,3-4,7-10H2,1-2H3,(H2,20,25,26). The summed E-state index contributed by atoms with van der Waals surface area (Å²) >= 11 is 0. The predicted octanol–water partition coefficient (Wildman–Crippen LogP) is 1.88. The summed E-state index contributed by atoms with van der Waals surface area (Å²) < 4.78 is 25.4. The summed E-state index contributed by atoms with van der Waals surface area (Å²) in [7, 11) is -3.60. The lowest BCUT2D eigenvalue weighted by Gasteiger charge is -2.61. The highest BCUT2D eigenvalue weighted by Crippen LogP contribution is 2.53. The van der Waals surface area contributed by atoms with E-state index < -0.39 is 10.2 Å². The van der Waals surface area contributed by atoms with Crippen molar-refractivity contribution in [2.24, 2.45) is 10.6 Å². The van der Waals surface area contributed by atoms with Crippen LogP contribution in [0.5, 0.6) is 0 Å². The van der Waals surface area contributed by atoms with Gasteiger partial charge in [0.1, 0.15) is 12.1 Å². The minimum Gasteiger partial charge on any atom is -0.355 e. The fourth-order valence-corrected chi connectivity index (χ4v) is 6.08. The molecule has 0 unspecified atom stereocenters. The molecule has 7 nitrogen and oxygen atoms in total. The Labute approximate surface area is 159 Å².